The van der Waals surface area contributed by atoms with E-state index in [0.29, 0.717) is 11.3 Å². The van der Waals surface area contributed by atoms with Crippen molar-refractivity contribution in [3.05, 3.63) is 62.9 Å². The van der Waals surface area contributed by atoms with E-state index in [9.17, 15) is 4.79 Å². The predicted molar refractivity (Wildman–Crippen MR) is 77.1 cm³/mol. The zero-order chi connectivity index (χ0) is 13.4. The largest absolute Gasteiger partial charge is 0.309 e. The molecule has 96 valence electrons. The second kappa shape index (κ2) is 4.87. The molecule has 0 radical (unpaired) electrons. The Kier molecular flexibility index (Phi) is 3.21. The van der Waals surface area contributed by atoms with E-state index in [0.717, 1.165) is 23.1 Å². The molecule has 1 N–H and O–H groups in total. The lowest BCUT2D eigenvalue weighted by molar-refractivity contribution is 0.103. The van der Waals surface area contributed by atoms with E-state index in [4.69, 9.17) is 0 Å². The van der Waals surface area contributed by atoms with Crippen molar-refractivity contribution in [1.82, 2.24) is 10.3 Å². The lowest BCUT2D eigenvalue weighted by Gasteiger charge is -2.05. The molecule has 2 heterocycles. The van der Waals surface area contributed by atoms with Crippen LogP contribution in [0.5, 0.6) is 0 Å². The number of carbonyl (C=O) groups is 1. The number of halogens is 1. The maximum absolute atomic E-state index is 12.4. The van der Waals surface area contributed by atoms with Crippen LogP contribution in [0, 0.1) is 6.92 Å². The van der Waals surface area contributed by atoms with Gasteiger partial charge in [-0.2, -0.15) is 0 Å². The van der Waals surface area contributed by atoms with Crippen LogP contribution in [0.15, 0.2) is 34.9 Å². The third-order valence-corrected chi connectivity index (χ3v) is 4.23. The van der Waals surface area contributed by atoms with E-state index in [1.165, 1.54) is 11.1 Å². The van der Waals surface area contributed by atoms with Gasteiger partial charge in [-0.05, 0) is 35.7 Å². The molecule has 0 bridgehead atoms. The number of carbonyl (C=O) groups excluding carboxylic acids is 1. The number of hydrogen-bond acceptors (Lipinski definition) is 3. The summed E-state index contributed by atoms with van der Waals surface area (Å²) >= 11 is 3.45. The Hall–Kier alpha value is -1.52. The summed E-state index contributed by atoms with van der Waals surface area (Å²) in [5, 5.41) is 3.25. The number of rotatable bonds is 2. The van der Waals surface area contributed by atoms with Crippen LogP contribution in [0.2, 0.25) is 0 Å². The minimum absolute atomic E-state index is 0.0320. The standard InChI is InChI=1S/C15H13BrN2O/c1-9-2-3-10(4-13(9)16)15(19)14-5-11-6-17-7-12(11)8-18-14/h2-5,8,17H,6-7H2,1H3. The van der Waals surface area contributed by atoms with Gasteiger partial charge in [0, 0.05) is 29.3 Å². The number of hydrogen-bond donors (Lipinski definition) is 1. The van der Waals surface area contributed by atoms with Crippen molar-refractivity contribution < 1.29 is 4.79 Å². The molecule has 1 aliphatic heterocycles. The Morgan fingerprint density at radius 3 is 2.84 bits per heavy atom. The molecule has 0 atom stereocenters. The Morgan fingerprint density at radius 2 is 2.05 bits per heavy atom. The summed E-state index contributed by atoms with van der Waals surface area (Å²) in [6, 6.07) is 7.53. The number of pyridine rings is 1. The Bertz CT molecular complexity index is 667. The van der Waals surface area contributed by atoms with E-state index in [-0.39, 0.29) is 5.78 Å². The van der Waals surface area contributed by atoms with E-state index >= 15 is 0 Å². The number of fused-ring (bicyclic) bond motifs is 1. The van der Waals surface area contributed by atoms with Gasteiger partial charge in [0.25, 0.3) is 0 Å². The average Bonchev–Trinajstić information content (AvgIpc) is 2.88. The summed E-state index contributed by atoms with van der Waals surface area (Å²) in [7, 11) is 0. The Morgan fingerprint density at radius 1 is 1.26 bits per heavy atom. The van der Waals surface area contributed by atoms with E-state index in [1.54, 1.807) is 6.20 Å². The molecule has 0 saturated carbocycles. The highest BCUT2D eigenvalue weighted by molar-refractivity contribution is 9.10. The minimum Gasteiger partial charge on any atom is -0.309 e. The number of benzene rings is 1. The first kappa shape index (κ1) is 12.5. The van der Waals surface area contributed by atoms with Gasteiger partial charge in [-0.1, -0.05) is 28.1 Å². The molecule has 0 amide bonds. The summed E-state index contributed by atoms with van der Waals surface area (Å²) in [5.74, 6) is -0.0320. The fraction of sp³-hybridized carbons (Fsp3) is 0.200. The Balaban J connectivity index is 1.97. The van der Waals surface area contributed by atoms with Gasteiger partial charge in [-0.25, -0.2) is 0 Å². The lowest BCUT2D eigenvalue weighted by atomic mass is 10.0. The molecule has 4 heteroatoms. The maximum atomic E-state index is 12.4. The van der Waals surface area contributed by atoms with Gasteiger partial charge < -0.3 is 5.32 Å². The SMILES string of the molecule is Cc1ccc(C(=O)c2cc3c(cn2)CNC3)cc1Br. The van der Waals surface area contributed by atoms with Crippen LogP contribution in [-0.2, 0) is 13.1 Å². The molecule has 0 spiro atoms. The van der Waals surface area contributed by atoms with Crippen LogP contribution in [0.3, 0.4) is 0 Å². The molecule has 19 heavy (non-hydrogen) atoms. The van der Waals surface area contributed by atoms with Gasteiger partial charge in [-0.3, -0.25) is 9.78 Å². The van der Waals surface area contributed by atoms with Crippen LogP contribution in [0.25, 0.3) is 0 Å². The predicted octanol–water partition coefficient (Wildman–Crippen LogP) is 2.99. The van der Waals surface area contributed by atoms with Gasteiger partial charge in [0.1, 0.15) is 5.69 Å². The minimum atomic E-state index is -0.0320. The summed E-state index contributed by atoms with van der Waals surface area (Å²) < 4.78 is 0.946. The molecular formula is C15H13BrN2O. The van der Waals surface area contributed by atoms with Crippen molar-refractivity contribution in [3.8, 4) is 0 Å². The highest BCUT2D eigenvalue weighted by Gasteiger charge is 2.16. The van der Waals surface area contributed by atoms with E-state index < -0.39 is 0 Å². The van der Waals surface area contributed by atoms with Crippen LogP contribution in [0.1, 0.15) is 32.7 Å². The number of aromatic nitrogens is 1. The smallest absolute Gasteiger partial charge is 0.211 e. The molecule has 0 unspecified atom stereocenters. The quantitative estimate of drug-likeness (QED) is 0.866. The first-order valence-electron chi connectivity index (χ1n) is 6.14. The molecular weight excluding hydrogens is 304 g/mol. The first-order valence-corrected chi connectivity index (χ1v) is 6.94. The van der Waals surface area contributed by atoms with Gasteiger partial charge in [0.15, 0.2) is 0 Å². The second-order valence-corrected chi connectivity index (χ2v) is 5.59. The molecule has 1 aliphatic rings. The fourth-order valence-corrected chi connectivity index (χ4v) is 2.57. The highest BCUT2D eigenvalue weighted by Crippen LogP contribution is 2.21. The summed E-state index contributed by atoms with van der Waals surface area (Å²) in [5.41, 5.74) is 4.64. The molecule has 0 fully saturated rings. The van der Waals surface area contributed by atoms with Crippen molar-refractivity contribution in [1.29, 1.82) is 0 Å². The van der Waals surface area contributed by atoms with E-state index in [2.05, 4.69) is 26.2 Å². The topological polar surface area (TPSA) is 42.0 Å². The maximum Gasteiger partial charge on any atom is 0.211 e. The van der Waals surface area contributed by atoms with Gasteiger partial charge >= 0.3 is 0 Å². The average molecular weight is 317 g/mol. The monoisotopic (exact) mass is 316 g/mol. The third-order valence-electron chi connectivity index (χ3n) is 3.38. The van der Waals surface area contributed by atoms with E-state index in [1.807, 2.05) is 31.2 Å². The second-order valence-electron chi connectivity index (χ2n) is 4.73. The highest BCUT2D eigenvalue weighted by atomic mass is 79.9. The van der Waals surface area contributed by atoms with Crippen molar-refractivity contribution in [2.45, 2.75) is 20.0 Å². The molecule has 1 aromatic heterocycles. The van der Waals surface area contributed by atoms with Crippen LogP contribution in [0.4, 0.5) is 0 Å². The van der Waals surface area contributed by atoms with Crippen LogP contribution < -0.4 is 5.32 Å². The van der Waals surface area contributed by atoms with Gasteiger partial charge in [0.05, 0.1) is 0 Å². The number of ketones is 1. The molecule has 3 rings (SSSR count). The first-order chi connectivity index (χ1) is 9.15. The molecule has 0 aliphatic carbocycles. The number of aryl methyl sites for hydroxylation is 1. The van der Waals surface area contributed by atoms with Crippen LogP contribution in [-0.4, -0.2) is 10.8 Å². The molecule has 1 aromatic carbocycles. The molecule has 3 nitrogen and oxygen atoms in total. The number of nitrogens with zero attached hydrogens (tertiary/aromatic N) is 1. The normalized spacial score (nSPS) is 13.4. The third kappa shape index (κ3) is 2.33. The fourth-order valence-electron chi connectivity index (χ4n) is 2.19. The van der Waals surface area contributed by atoms with Crippen LogP contribution >= 0.6 is 15.9 Å². The van der Waals surface area contributed by atoms with Gasteiger partial charge in [-0.15, -0.1) is 0 Å². The Labute approximate surface area is 120 Å². The molecule has 2 aromatic rings. The van der Waals surface area contributed by atoms with Crippen molar-refractivity contribution in [2.24, 2.45) is 0 Å². The summed E-state index contributed by atoms with van der Waals surface area (Å²) in [4.78, 5) is 16.7. The molecule has 0 saturated heterocycles. The zero-order valence-corrected chi connectivity index (χ0v) is 12.1. The summed E-state index contributed by atoms with van der Waals surface area (Å²) in [6.07, 6.45) is 1.80. The zero-order valence-electron chi connectivity index (χ0n) is 10.5. The lowest BCUT2D eigenvalue weighted by Crippen LogP contribution is -2.05. The van der Waals surface area contributed by atoms with Crippen molar-refractivity contribution >= 4 is 21.7 Å². The number of nitrogens with one attached hydrogen (secondary N) is 1. The van der Waals surface area contributed by atoms with Gasteiger partial charge in [0.2, 0.25) is 5.78 Å². The summed E-state index contributed by atoms with van der Waals surface area (Å²) in [6.45, 7) is 3.65. The van der Waals surface area contributed by atoms with Crippen molar-refractivity contribution in [2.75, 3.05) is 0 Å². The van der Waals surface area contributed by atoms with Crippen molar-refractivity contribution in [3.63, 3.8) is 0 Å².